The fourth-order valence-electron chi connectivity index (χ4n) is 2.46. The van der Waals surface area contributed by atoms with Crippen LogP contribution in [0.25, 0.3) is 0 Å². The quantitative estimate of drug-likeness (QED) is 0.864. The molecule has 116 valence electrons. The SMILES string of the molecule is O=C(NCc1ccc(Br)s1)C1CC(=O)N(Cc2ccco2)C1. The minimum Gasteiger partial charge on any atom is -0.467 e. The smallest absolute Gasteiger partial charge is 0.225 e. The number of rotatable bonds is 5. The number of furan rings is 1. The van der Waals surface area contributed by atoms with Gasteiger partial charge < -0.3 is 14.6 Å². The van der Waals surface area contributed by atoms with Crippen LogP contribution in [0.1, 0.15) is 17.1 Å². The maximum atomic E-state index is 12.2. The van der Waals surface area contributed by atoms with Gasteiger partial charge in [-0.15, -0.1) is 11.3 Å². The molecule has 0 aliphatic carbocycles. The Balaban J connectivity index is 1.52. The molecule has 1 aliphatic rings. The Kier molecular flexibility index (Phi) is 4.63. The monoisotopic (exact) mass is 382 g/mol. The molecule has 1 saturated heterocycles. The Morgan fingerprint density at radius 2 is 2.32 bits per heavy atom. The molecule has 3 heterocycles. The molecule has 2 aromatic heterocycles. The lowest BCUT2D eigenvalue weighted by molar-refractivity contribution is -0.129. The summed E-state index contributed by atoms with van der Waals surface area (Å²) in [5.74, 6) is 0.374. The van der Waals surface area contributed by atoms with E-state index in [1.165, 1.54) is 0 Å². The van der Waals surface area contributed by atoms with Crippen molar-refractivity contribution in [2.45, 2.75) is 19.5 Å². The van der Waals surface area contributed by atoms with Crippen molar-refractivity contribution < 1.29 is 14.0 Å². The van der Waals surface area contributed by atoms with Gasteiger partial charge in [0.25, 0.3) is 0 Å². The van der Waals surface area contributed by atoms with E-state index in [9.17, 15) is 9.59 Å². The Bertz CT molecular complexity index is 668. The molecular formula is C15H15BrN2O3S. The summed E-state index contributed by atoms with van der Waals surface area (Å²) in [7, 11) is 0. The first-order valence-electron chi connectivity index (χ1n) is 6.94. The van der Waals surface area contributed by atoms with Crippen LogP contribution in [-0.2, 0) is 22.7 Å². The molecule has 0 aromatic carbocycles. The molecule has 1 unspecified atom stereocenters. The highest BCUT2D eigenvalue weighted by Crippen LogP contribution is 2.23. The van der Waals surface area contributed by atoms with Gasteiger partial charge in [-0.3, -0.25) is 9.59 Å². The number of likely N-dealkylation sites (tertiary alicyclic amines) is 1. The summed E-state index contributed by atoms with van der Waals surface area (Å²) in [4.78, 5) is 26.9. The Labute approximate surface area is 140 Å². The predicted molar refractivity (Wildman–Crippen MR) is 86.1 cm³/mol. The van der Waals surface area contributed by atoms with Crippen molar-refractivity contribution in [3.05, 3.63) is 45.0 Å². The zero-order valence-electron chi connectivity index (χ0n) is 11.8. The van der Waals surface area contributed by atoms with Gasteiger partial charge in [-0.2, -0.15) is 0 Å². The molecule has 0 radical (unpaired) electrons. The van der Waals surface area contributed by atoms with Crippen molar-refractivity contribution in [1.82, 2.24) is 10.2 Å². The van der Waals surface area contributed by atoms with Crippen LogP contribution in [0.4, 0.5) is 0 Å². The third-order valence-electron chi connectivity index (χ3n) is 3.58. The maximum absolute atomic E-state index is 12.2. The molecule has 2 amide bonds. The summed E-state index contributed by atoms with van der Waals surface area (Å²) in [5.41, 5.74) is 0. The lowest BCUT2D eigenvalue weighted by Crippen LogP contribution is -2.32. The van der Waals surface area contributed by atoms with Gasteiger partial charge in [-0.25, -0.2) is 0 Å². The van der Waals surface area contributed by atoms with Crippen LogP contribution in [-0.4, -0.2) is 23.3 Å². The molecule has 3 rings (SSSR count). The van der Waals surface area contributed by atoms with E-state index in [0.29, 0.717) is 19.6 Å². The fraction of sp³-hybridized carbons (Fsp3) is 0.333. The second-order valence-corrected chi connectivity index (χ2v) is 7.73. The normalized spacial score (nSPS) is 18.0. The number of thiophene rings is 1. The van der Waals surface area contributed by atoms with Gasteiger partial charge in [0.15, 0.2) is 0 Å². The van der Waals surface area contributed by atoms with Crippen LogP contribution >= 0.6 is 27.3 Å². The first-order valence-corrected chi connectivity index (χ1v) is 8.55. The van der Waals surface area contributed by atoms with E-state index >= 15 is 0 Å². The zero-order chi connectivity index (χ0) is 15.5. The summed E-state index contributed by atoms with van der Waals surface area (Å²) >= 11 is 4.98. The Hall–Kier alpha value is -1.60. The molecule has 0 saturated carbocycles. The predicted octanol–water partition coefficient (Wildman–Crippen LogP) is 2.77. The molecular weight excluding hydrogens is 368 g/mol. The van der Waals surface area contributed by atoms with E-state index in [1.807, 2.05) is 18.2 Å². The first-order chi connectivity index (χ1) is 10.6. The van der Waals surface area contributed by atoms with Gasteiger partial charge in [0.05, 0.1) is 29.1 Å². The largest absolute Gasteiger partial charge is 0.467 e. The summed E-state index contributed by atoms with van der Waals surface area (Å²) in [5, 5.41) is 2.90. The van der Waals surface area contributed by atoms with Gasteiger partial charge in [-0.05, 0) is 40.2 Å². The van der Waals surface area contributed by atoms with Crippen molar-refractivity contribution in [1.29, 1.82) is 0 Å². The van der Waals surface area contributed by atoms with E-state index in [0.717, 1.165) is 14.4 Å². The maximum Gasteiger partial charge on any atom is 0.225 e. The lowest BCUT2D eigenvalue weighted by Gasteiger charge is -2.14. The second-order valence-electron chi connectivity index (χ2n) is 5.18. The molecule has 5 nitrogen and oxygen atoms in total. The van der Waals surface area contributed by atoms with Gasteiger partial charge >= 0.3 is 0 Å². The van der Waals surface area contributed by atoms with Crippen LogP contribution in [0.2, 0.25) is 0 Å². The average Bonchev–Trinajstić information content (AvgIpc) is 3.20. The molecule has 7 heteroatoms. The Morgan fingerprint density at radius 3 is 3.00 bits per heavy atom. The molecule has 1 atom stereocenters. The zero-order valence-corrected chi connectivity index (χ0v) is 14.2. The lowest BCUT2D eigenvalue weighted by atomic mass is 10.1. The molecule has 1 fully saturated rings. The van der Waals surface area contributed by atoms with Crippen LogP contribution in [0, 0.1) is 5.92 Å². The molecule has 0 bridgehead atoms. The minimum atomic E-state index is -0.286. The third-order valence-corrected chi connectivity index (χ3v) is 5.20. The van der Waals surface area contributed by atoms with Crippen LogP contribution in [0.3, 0.4) is 0 Å². The highest BCUT2D eigenvalue weighted by molar-refractivity contribution is 9.11. The molecule has 1 aliphatic heterocycles. The van der Waals surface area contributed by atoms with Crippen LogP contribution in [0.5, 0.6) is 0 Å². The number of carbonyl (C=O) groups is 2. The number of carbonyl (C=O) groups excluding carboxylic acids is 2. The number of amides is 2. The summed E-state index contributed by atoms with van der Waals surface area (Å²) in [6.07, 6.45) is 1.85. The molecule has 0 spiro atoms. The molecule has 22 heavy (non-hydrogen) atoms. The van der Waals surface area contributed by atoms with E-state index in [1.54, 1.807) is 28.6 Å². The topological polar surface area (TPSA) is 62.6 Å². The number of nitrogens with zero attached hydrogens (tertiary/aromatic N) is 1. The van der Waals surface area contributed by atoms with Crippen LogP contribution < -0.4 is 5.32 Å². The third kappa shape index (κ3) is 3.59. The van der Waals surface area contributed by atoms with Crippen molar-refractivity contribution in [2.24, 2.45) is 5.92 Å². The number of halogens is 1. The van der Waals surface area contributed by atoms with E-state index in [-0.39, 0.29) is 24.2 Å². The number of hydrogen-bond acceptors (Lipinski definition) is 4. The van der Waals surface area contributed by atoms with Gasteiger partial charge in [0, 0.05) is 17.8 Å². The summed E-state index contributed by atoms with van der Waals surface area (Å²) < 4.78 is 6.29. The van der Waals surface area contributed by atoms with Crippen molar-refractivity contribution >= 4 is 39.1 Å². The second kappa shape index (κ2) is 6.66. The van der Waals surface area contributed by atoms with Gasteiger partial charge in [-0.1, -0.05) is 0 Å². The standard InChI is InChI=1S/C15H15BrN2O3S/c16-13-4-3-12(22-13)7-17-15(20)10-6-14(19)18(8-10)9-11-2-1-5-21-11/h1-5,10H,6-9H2,(H,17,20). The highest BCUT2D eigenvalue weighted by Gasteiger charge is 2.34. The van der Waals surface area contributed by atoms with Gasteiger partial charge in [0.1, 0.15) is 5.76 Å². The molecule has 2 aromatic rings. The first kappa shape index (κ1) is 15.3. The van der Waals surface area contributed by atoms with Gasteiger partial charge in [0.2, 0.25) is 11.8 Å². The minimum absolute atomic E-state index is 0.00424. The summed E-state index contributed by atoms with van der Waals surface area (Å²) in [6.45, 7) is 1.37. The Morgan fingerprint density at radius 1 is 1.45 bits per heavy atom. The van der Waals surface area contributed by atoms with E-state index in [4.69, 9.17) is 4.42 Å². The van der Waals surface area contributed by atoms with E-state index in [2.05, 4.69) is 21.2 Å². The number of hydrogen-bond donors (Lipinski definition) is 1. The highest BCUT2D eigenvalue weighted by atomic mass is 79.9. The van der Waals surface area contributed by atoms with Crippen molar-refractivity contribution in [2.75, 3.05) is 6.54 Å². The summed E-state index contributed by atoms with van der Waals surface area (Å²) in [6, 6.07) is 7.54. The van der Waals surface area contributed by atoms with Crippen molar-refractivity contribution in [3.63, 3.8) is 0 Å². The number of nitrogens with one attached hydrogen (secondary N) is 1. The average molecular weight is 383 g/mol. The van der Waals surface area contributed by atoms with E-state index < -0.39 is 0 Å². The fourth-order valence-corrected chi connectivity index (χ4v) is 3.88. The van der Waals surface area contributed by atoms with Crippen molar-refractivity contribution in [3.8, 4) is 0 Å². The van der Waals surface area contributed by atoms with Crippen LogP contribution in [0.15, 0.2) is 38.7 Å². The molecule has 1 N–H and O–H groups in total.